The van der Waals surface area contributed by atoms with Crippen LogP contribution in [0, 0.1) is 5.41 Å². The second-order valence-corrected chi connectivity index (χ2v) is 5.04. The highest BCUT2D eigenvalue weighted by Gasteiger charge is 2.53. The molecule has 0 atom stereocenters. The summed E-state index contributed by atoms with van der Waals surface area (Å²) in [7, 11) is 1.34. The van der Waals surface area contributed by atoms with Crippen molar-refractivity contribution < 1.29 is 19.1 Å². The van der Waals surface area contributed by atoms with E-state index in [-0.39, 0.29) is 18.4 Å². The molecule has 86 valence electrons. The van der Waals surface area contributed by atoms with Crippen molar-refractivity contribution in [2.24, 2.45) is 5.41 Å². The predicted octanol–water partition coefficient (Wildman–Crippen LogP) is 1.67. The van der Waals surface area contributed by atoms with E-state index in [9.17, 15) is 9.59 Å². The maximum Gasteiger partial charge on any atom is 0.312 e. The van der Waals surface area contributed by atoms with Crippen LogP contribution in [0.15, 0.2) is 0 Å². The average Bonchev–Trinajstić information content (AvgIpc) is 2.80. The number of hydrogen-bond acceptors (Lipinski definition) is 4. The van der Waals surface area contributed by atoms with Crippen LogP contribution in [0.5, 0.6) is 0 Å². The molecule has 0 unspecified atom stereocenters. The fourth-order valence-corrected chi connectivity index (χ4v) is 1.47. The maximum absolute atomic E-state index is 11.5. The van der Waals surface area contributed by atoms with Gasteiger partial charge in [-0.1, -0.05) is 0 Å². The van der Waals surface area contributed by atoms with Crippen molar-refractivity contribution in [3.63, 3.8) is 0 Å². The molecule has 0 aromatic rings. The van der Waals surface area contributed by atoms with Gasteiger partial charge in [0.05, 0.1) is 18.9 Å². The van der Waals surface area contributed by atoms with Crippen LogP contribution in [0.3, 0.4) is 0 Å². The average molecular weight is 214 g/mol. The number of carbonyl (C=O) groups excluding carboxylic acids is 2. The van der Waals surface area contributed by atoms with Crippen molar-refractivity contribution in [1.82, 2.24) is 0 Å². The standard InChI is InChI=1S/C11H18O4/c1-10(2,3)15-8(12)7-11(5-6-11)9(13)14-4/h5-7H2,1-4H3. The van der Waals surface area contributed by atoms with E-state index in [1.165, 1.54) is 7.11 Å². The second-order valence-electron chi connectivity index (χ2n) is 5.04. The molecule has 0 spiro atoms. The Labute approximate surface area is 89.9 Å². The molecule has 0 heterocycles. The van der Waals surface area contributed by atoms with Gasteiger partial charge < -0.3 is 9.47 Å². The molecular weight excluding hydrogens is 196 g/mol. The molecule has 1 aliphatic carbocycles. The molecule has 4 nitrogen and oxygen atoms in total. The number of esters is 2. The zero-order chi connectivity index (χ0) is 11.7. The van der Waals surface area contributed by atoms with Gasteiger partial charge in [0.1, 0.15) is 5.60 Å². The van der Waals surface area contributed by atoms with E-state index in [1.54, 1.807) is 0 Å². The molecule has 0 bridgehead atoms. The summed E-state index contributed by atoms with van der Waals surface area (Å²) in [5.41, 5.74) is -1.08. The number of methoxy groups -OCH3 is 1. The quantitative estimate of drug-likeness (QED) is 0.670. The first-order chi connectivity index (χ1) is 6.79. The van der Waals surface area contributed by atoms with E-state index >= 15 is 0 Å². The van der Waals surface area contributed by atoms with Crippen LogP contribution in [0.25, 0.3) is 0 Å². The second kappa shape index (κ2) is 3.83. The zero-order valence-corrected chi connectivity index (χ0v) is 9.75. The number of ether oxygens (including phenoxy) is 2. The van der Waals surface area contributed by atoms with E-state index in [1.807, 2.05) is 20.8 Å². The molecule has 0 N–H and O–H groups in total. The first-order valence-corrected chi connectivity index (χ1v) is 5.09. The Hall–Kier alpha value is -1.06. The van der Waals surface area contributed by atoms with Gasteiger partial charge in [0.25, 0.3) is 0 Å². The summed E-state index contributed by atoms with van der Waals surface area (Å²) in [6, 6.07) is 0. The molecule has 0 radical (unpaired) electrons. The molecule has 4 heteroatoms. The Morgan fingerprint density at radius 2 is 1.80 bits per heavy atom. The summed E-state index contributed by atoms with van der Waals surface area (Å²) in [4.78, 5) is 22.9. The summed E-state index contributed by atoms with van der Waals surface area (Å²) in [5.74, 6) is -0.626. The van der Waals surface area contributed by atoms with E-state index in [4.69, 9.17) is 4.74 Å². The SMILES string of the molecule is COC(=O)C1(CC(=O)OC(C)(C)C)CC1. The van der Waals surface area contributed by atoms with Crippen molar-refractivity contribution >= 4 is 11.9 Å². The highest BCUT2D eigenvalue weighted by atomic mass is 16.6. The smallest absolute Gasteiger partial charge is 0.312 e. The van der Waals surface area contributed by atoms with Gasteiger partial charge in [0.15, 0.2) is 0 Å². The first-order valence-electron chi connectivity index (χ1n) is 5.09. The molecule has 0 aromatic carbocycles. The van der Waals surface area contributed by atoms with Gasteiger partial charge >= 0.3 is 11.9 Å². The van der Waals surface area contributed by atoms with Gasteiger partial charge in [0.2, 0.25) is 0 Å². The van der Waals surface area contributed by atoms with Gasteiger partial charge in [-0.05, 0) is 33.6 Å². The van der Waals surface area contributed by atoms with Crippen molar-refractivity contribution in [3.8, 4) is 0 Å². The van der Waals surface area contributed by atoms with E-state index in [0.29, 0.717) is 0 Å². The molecule has 0 saturated heterocycles. The minimum absolute atomic E-state index is 0.136. The third-order valence-electron chi connectivity index (χ3n) is 2.37. The Kier molecular flexibility index (Phi) is 3.07. The summed E-state index contributed by atoms with van der Waals surface area (Å²) < 4.78 is 9.82. The van der Waals surface area contributed by atoms with E-state index in [0.717, 1.165) is 12.8 Å². The third-order valence-corrected chi connectivity index (χ3v) is 2.37. The van der Waals surface area contributed by atoms with Crippen molar-refractivity contribution in [2.45, 2.75) is 45.6 Å². The maximum atomic E-state index is 11.5. The molecule has 0 amide bonds. The molecule has 1 rings (SSSR count). The summed E-state index contributed by atoms with van der Waals surface area (Å²) in [6.45, 7) is 5.42. The normalized spacial score (nSPS) is 18.1. The third kappa shape index (κ3) is 3.22. The van der Waals surface area contributed by atoms with Crippen LogP contribution in [0.4, 0.5) is 0 Å². The Morgan fingerprint density at radius 3 is 2.13 bits per heavy atom. The number of rotatable bonds is 3. The first kappa shape index (κ1) is 12.0. The summed E-state index contributed by atoms with van der Waals surface area (Å²) in [6.07, 6.45) is 1.58. The highest BCUT2D eigenvalue weighted by Crippen LogP contribution is 2.50. The zero-order valence-electron chi connectivity index (χ0n) is 9.75. The van der Waals surface area contributed by atoms with Gasteiger partial charge in [-0.15, -0.1) is 0 Å². The Bertz CT molecular complexity index is 271. The monoisotopic (exact) mass is 214 g/mol. The van der Waals surface area contributed by atoms with Gasteiger partial charge in [-0.3, -0.25) is 9.59 Å². The Morgan fingerprint density at radius 1 is 1.27 bits per heavy atom. The molecule has 0 aromatic heterocycles. The minimum atomic E-state index is -0.586. The molecule has 1 fully saturated rings. The van der Waals surface area contributed by atoms with Crippen LogP contribution >= 0.6 is 0 Å². The number of carbonyl (C=O) groups is 2. The van der Waals surface area contributed by atoms with Crippen LogP contribution in [0.2, 0.25) is 0 Å². The largest absolute Gasteiger partial charge is 0.469 e. The predicted molar refractivity (Wildman–Crippen MR) is 54.1 cm³/mol. The topological polar surface area (TPSA) is 52.6 Å². The van der Waals surface area contributed by atoms with E-state index in [2.05, 4.69) is 4.74 Å². The fourth-order valence-electron chi connectivity index (χ4n) is 1.47. The molecular formula is C11H18O4. The highest BCUT2D eigenvalue weighted by molar-refractivity contribution is 5.86. The van der Waals surface area contributed by atoms with Crippen LogP contribution < -0.4 is 0 Å². The van der Waals surface area contributed by atoms with Gasteiger partial charge in [0, 0.05) is 0 Å². The lowest BCUT2D eigenvalue weighted by Gasteiger charge is -2.21. The molecule has 1 saturated carbocycles. The lowest BCUT2D eigenvalue weighted by molar-refractivity contribution is -0.161. The van der Waals surface area contributed by atoms with Crippen molar-refractivity contribution in [1.29, 1.82) is 0 Å². The molecule has 15 heavy (non-hydrogen) atoms. The van der Waals surface area contributed by atoms with Crippen LogP contribution in [-0.4, -0.2) is 24.6 Å². The lowest BCUT2D eigenvalue weighted by atomic mass is 10.0. The fraction of sp³-hybridized carbons (Fsp3) is 0.818. The van der Waals surface area contributed by atoms with Crippen molar-refractivity contribution in [2.75, 3.05) is 7.11 Å². The molecule has 1 aliphatic rings. The lowest BCUT2D eigenvalue weighted by Crippen LogP contribution is -2.28. The van der Waals surface area contributed by atoms with Gasteiger partial charge in [-0.25, -0.2) is 0 Å². The number of hydrogen-bond donors (Lipinski definition) is 0. The molecule has 0 aliphatic heterocycles. The summed E-state index contributed by atoms with van der Waals surface area (Å²) >= 11 is 0. The van der Waals surface area contributed by atoms with Crippen LogP contribution in [-0.2, 0) is 19.1 Å². The Balaban J connectivity index is 2.49. The van der Waals surface area contributed by atoms with Crippen molar-refractivity contribution in [3.05, 3.63) is 0 Å². The van der Waals surface area contributed by atoms with Crippen LogP contribution in [0.1, 0.15) is 40.0 Å². The van der Waals surface area contributed by atoms with E-state index < -0.39 is 11.0 Å². The minimum Gasteiger partial charge on any atom is -0.469 e. The van der Waals surface area contributed by atoms with Gasteiger partial charge in [-0.2, -0.15) is 0 Å². The summed E-state index contributed by atoms with van der Waals surface area (Å²) in [5, 5.41) is 0.